The normalized spacial score (nSPS) is 9.47. The van der Waals surface area contributed by atoms with Gasteiger partial charge in [-0.25, -0.2) is 9.18 Å². The Morgan fingerprint density at radius 3 is 2.87 bits per heavy atom. The average Bonchev–Trinajstić information content (AvgIpc) is 2.14. The number of carbonyl (C=O) groups excluding carboxylic acids is 1. The van der Waals surface area contributed by atoms with Gasteiger partial charge in [-0.1, -0.05) is 18.7 Å². The van der Waals surface area contributed by atoms with Crippen molar-refractivity contribution >= 4 is 6.03 Å². The third-order valence-corrected chi connectivity index (χ3v) is 1.67. The molecular formula is C11H13FN2O. The van der Waals surface area contributed by atoms with E-state index in [0.717, 1.165) is 0 Å². The maximum atomic E-state index is 12.8. The molecule has 15 heavy (non-hydrogen) atoms. The lowest BCUT2D eigenvalue weighted by atomic mass is 10.2. The van der Waals surface area contributed by atoms with Gasteiger partial charge < -0.3 is 10.6 Å². The van der Waals surface area contributed by atoms with Crippen molar-refractivity contribution in [1.82, 2.24) is 10.6 Å². The minimum Gasteiger partial charge on any atom is -0.334 e. The van der Waals surface area contributed by atoms with E-state index in [-0.39, 0.29) is 18.4 Å². The molecule has 1 aromatic carbocycles. The molecule has 2 amide bonds. The molecule has 0 unspecified atom stereocenters. The van der Waals surface area contributed by atoms with E-state index in [2.05, 4.69) is 17.2 Å². The molecule has 0 spiro atoms. The number of allylic oxidation sites excluding steroid dienone is 1. The Kier molecular flexibility index (Phi) is 3.85. The van der Waals surface area contributed by atoms with Crippen molar-refractivity contribution in [2.75, 3.05) is 0 Å². The monoisotopic (exact) mass is 208 g/mol. The van der Waals surface area contributed by atoms with E-state index in [0.29, 0.717) is 11.3 Å². The van der Waals surface area contributed by atoms with E-state index in [1.807, 2.05) is 0 Å². The maximum Gasteiger partial charge on any atom is 0.319 e. The van der Waals surface area contributed by atoms with E-state index in [1.165, 1.54) is 12.1 Å². The van der Waals surface area contributed by atoms with Crippen molar-refractivity contribution in [2.45, 2.75) is 13.5 Å². The van der Waals surface area contributed by atoms with Crippen molar-refractivity contribution in [2.24, 2.45) is 0 Å². The molecule has 0 aliphatic heterocycles. The number of amides is 2. The lowest BCUT2D eigenvalue weighted by Gasteiger charge is -2.06. The first kappa shape index (κ1) is 11.2. The van der Waals surface area contributed by atoms with E-state index < -0.39 is 0 Å². The lowest BCUT2D eigenvalue weighted by molar-refractivity contribution is 0.243. The fraction of sp³-hybridized carbons (Fsp3) is 0.182. The predicted octanol–water partition coefficient (Wildman–Crippen LogP) is 2.16. The van der Waals surface area contributed by atoms with Gasteiger partial charge in [0.25, 0.3) is 0 Å². The number of carbonyl (C=O) groups is 1. The predicted molar refractivity (Wildman–Crippen MR) is 56.6 cm³/mol. The minimum atomic E-state index is -0.341. The molecule has 0 fully saturated rings. The molecule has 3 nitrogen and oxygen atoms in total. The summed E-state index contributed by atoms with van der Waals surface area (Å²) in [5.41, 5.74) is 1.28. The van der Waals surface area contributed by atoms with E-state index in [4.69, 9.17) is 0 Å². The smallest absolute Gasteiger partial charge is 0.319 e. The Labute approximate surface area is 88.0 Å². The Morgan fingerprint density at radius 2 is 2.27 bits per heavy atom. The van der Waals surface area contributed by atoms with E-state index >= 15 is 0 Å². The van der Waals surface area contributed by atoms with Gasteiger partial charge in [-0.15, -0.1) is 0 Å². The van der Waals surface area contributed by atoms with Crippen LogP contribution in [0.4, 0.5) is 9.18 Å². The Hall–Kier alpha value is -1.84. The van der Waals surface area contributed by atoms with Crippen LogP contribution in [0.2, 0.25) is 0 Å². The number of halogens is 1. The molecule has 0 bridgehead atoms. The van der Waals surface area contributed by atoms with Gasteiger partial charge in [-0.05, 0) is 24.6 Å². The van der Waals surface area contributed by atoms with Crippen molar-refractivity contribution < 1.29 is 9.18 Å². The van der Waals surface area contributed by atoms with Crippen LogP contribution in [0.15, 0.2) is 36.5 Å². The maximum absolute atomic E-state index is 12.8. The lowest BCUT2D eigenvalue weighted by Crippen LogP contribution is -2.33. The number of benzene rings is 1. The van der Waals surface area contributed by atoms with E-state index in [1.54, 1.807) is 19.1 Å². The standard InChI is InChI=1S/C11H13FN2O/c1-8(2)14-11(15)13-7-9-4-3-5-10(12)6-9/h3-6H,1,7H2,2H3,(H2,13,14,15). The summed E-state index contributed by atoms with van der Waals surface area (Å²) in [7, 11) is 0. The van der Waals surface area contributed by atoms with E-state index in [9.17, 15) is 9.18 Å². The van der Waals surface area contributed by atoms with Crippen LogP contribution in [0, 0.1) is 5.82 Å². The molecular weight excluding hydrogens is 195 g/mol. The Bertz CT molecular complexity index is 377. The van der Waals surface area contributed by atoms with Crippen LogP contribution in [0.3, 0.4) is 0 Å². The molecule has 0 aliphatic rings. The quantitative estimate of drug-likeness (QED) is 0.785. The van der Waals surface area contributed by atoms with Crippen LogP contribution in [0.5, 0.6) is 0 Å². The summed E-state index contributed by atoms with van der Waals surface area (Å²) in [6.45, 7) is 5.50. The second-order valence-corrected chi connectivity index (χ2v) is 3.22. The van der Waals surface area contributed by atoms with Crippen LogP contribution < -0.4 is 10.6 Å². The van der Waals surface area contributed by atoms with Crippen molar-refractivity contribution in [3.05, 3.63) is 47.9 Å². The first-order chi connectivity index (χ1) is 7.08. The first-order valence-corrected chi connectivity index (χ1v) is 4.53. The summed E-state index contributed by atoms with van der Waals surface area (Å²) in [6.07, 6.45) is 0. The summed E-state index contributed by atoms with van der Waals surface area (Å²) in [5.74, 6) is -0.311. The zero-order valence-corrected chi connectivity index (χ0v) is 8.51. The molecule has 0 atom stereocenters. The van der Waals surface area contributed by atoms with Gasteiger partial charge in [0.2, 0.25) is 0 Å². The number of nitrogens with one attached hydrogen (secondary N) is 2. The van der Waals surface area contributed by atoms with Gasteiger partial charge in [0.15, 0.2) is 0 Å². The molecule has 2 N–H and O–H groups in total. The Balaban J connectivity index is 2.43. The fourth-order valence-electron chi connectivity index (χ4n) is 1.07. The van der Waals surface area contributed by atoms with Gasteiger partial charge in [0.1, 0.15) is 5.82 Å². The van der Waals surface area contributed by atoms with Crippen molar-refractivity contribution in [1.29, 1.82) is 0 Å². The van der Waals surface area contributed by atoms with Gasteiger partial charge in [-0.2, -0.15) is 0 Å². The van der Waals surface area contributed by atoms with Gasteiger partial charge >= 0.3 is 6.03 Å². The second kappa shape index (κ2) is 5.14. The summed E-state index contributed by atoms with van der Waals surface area (Å²) in [6, 6.07) is 5.73. The average molecular weight is 208 g/mol. The molecule has 0 radical (unpaired) electrons. The third-order valence-electron chi connectivity index (χ3n) is 1.67. The number of hydrogen-bond donors (Lipinski definition) is 2. The van der Waals surface area contributed by atoms with Crippen LogP contribution in [-0.4, -0.2) is 6.03 Å². The SMILES string of the molecule is C=C(C)NC(=O)NCc1cccc(F)c1. The molecule has 80 valence electrons. The molecule has 4 heteroatoms. The largest absolute Gasteiger partial charge is 0.334 e. The Morgan fingerprint density at radius 1 is 1.53 bits per heavy atom. The first-order valence-electron chi connectivity index (χ1n) is 4.53. The minimum absolute atomic E-state index is 0.289. The molecule has 0 aromatic heterocycles. The highest BCUT2D eigenvalue weighted by Crippen LogP contribution is 2.02. The van der Waals surface area contributed by atoms with Crippen LogP contribution in [0.1, 0.15) is 12.5 Å². The zero-order valence-electron chi connectivity index (χ0n) is 8.51. The number of urea groups is 1. The van der Waals surface area contributed by atoms with Crippen LogP contribution >= 0.6 is 0 Å². The van der Waals surface area contributed by atoms with Gasteiger partial charge in [0.05, 0.1) is 0 Å². The zero-order chi connectivity index (χ0) is 11.3. The molecule has 0 saturated heterocycles. The molecule has 1 rings (SSSR count). The summed E-state index contributed by atoms with van der Waals surface area (Å²) < 4.78 is 12.8. The van der Waals surface area contributed by atoms with Crippen molar-refractivity contribution in [3.63, 3.8) is 0 Å². The van der Waals surface area contributed by atoms with Crippen molar-refractivity contribution in [3.8, 4) is 0 Å². The highest BCUT2D eigenvalue weighted by atomic mass is 19.1. The topological polar surface area (TPSA) is 41.1 Å². The second-order valence-electron chi connectivity index (χ2n) is 3.22. The molecule has 1 aromatic rings. The molecule has 0 aliphatic carbocycles. The summed E-state index contributed by atoms with van der Waals surface area (Å²) >= 11 is 0. The number of rotatable bonds is 3. The summed E-state index contributed by atoms with van der Waals surface area (Å²) in [4.78, 5) is 11.1. The summed E-state index contributed by atoms with van der Waals surface area (Å²) in [5, 5.41) is 5.07. The van der Waals surface area contributed by atoms with Gasteiger partial charge in [-0.3, -0.25) is 0 Å². The molecule has 0 saturated carbocycles. The van der Waals surface area contributed by atoms with Gasteiger partial charge in [0, 0.05) is 12.2 Å². The van der Waals surface area contributed by atoms with Crippen LogP contribution in [0.25, 0.3) is 0 Å². The number of hydrogen-bond acceptors (Lipinski definition) is 1. The third kappa shape index (κ3) is 4.26. The highest BCUT2D eigenvalue weighted by molar-refractivity contribution is 5.75. The molecule has 0 heterocycles. The fourth-order valence-corrected chi connectivity index (χ4v) is 1.07. The van der Waals surface area contributed by atoms with Crippen LogP contribution in [-0.2, 0) is 6.54 Å². The highest BCUT2D eigenvalue weighted by Gasteiger charge is 2.00.